The molecule has 0 unspecified atom stereocenters. The Morgan fingerprint density at radius 1 is 1.30 bits per heavy atom. The first-order chi connectivity index (χ1) is 12.9. The first-order valence-electron chi connectivity index (χ1n) is 9.01. The molecular weight excluding hydrogens is 388 g/mol. The first kappa shape index (κ1) is 19.9. The Kier molecular flexibility index (Phi) is 6.24. The van der Waals surface area contributed by atoms with Gasteiger partial charge in [-0.3, -0.25) is 4.79 Å². The van der Waals surface area contributed by atoms with Crippen LogP contribution in [0.5, 0.6) is 0 Å². The predicted molar refractivity (Wildman–Crippen MR) is 103 cm³/mol. The molecule has 1 aliphatic rings. The fraction of sp³-hybridized carbons (Fsp3) is 0.421. The SMILES string of the molecule is C[C@H](CCc1ccco1)NC(=O)c1ccc(Cl)c(S(=O)(=O)N2CCCC2)c1. The molecule has 1 atom stereocenters. The van der Waals surface area contributed by atoms with Crippen LogP contribution >= 0.6 is 11.6 Å². The van der Waals surface area contributed by atoms with Crippen LogP contribution in [-0.2, 0) is 16.4 Å². The van der Waals surface area contributed by atoms with Crippen molar-refractivity contribution < 1.29 is 17.6 Å². The van der Waals surface area contributed by atoms with Crippen LogP contribution in [-0.4, -0.2) is 37.8 Å². The zero-order valence-electron chi connectivity index (χ0n) is 15.2. The number of amides is 1. The van der Waals surface area contributed by atoms with Gasteiger partial charge in [-0.25, -0.2) is 8.42 Å². The summed E-state index contributed by atoms with van der Waals surface area (Å²) in [7, 11) is -3.68. The number of hydrogen-bond acceptors (Lipinski definition) is 4. The first-order valence-corrected chi connectivity index (χ1v) is 10.8. The van der Waals surface area contributed by atoms with Gasteiger partial charge in [0, 0.05) is 31.1 Å². The van der Waals surface area contributed by atoms with Crippen LogP contribution in [0.2, 0.25) is 5.02 Å². The van der Waals surface area contributed by atoms with Gasteiger partial charge >= 0.3 is 0 Å². The molecule has 6 nitrogen and oxygen atoms in total. The van der Waals surface area contributed by atoms with E-state index in [1.807, 2.05) is 19.1 Å². The third kappa shape index (κ3) is 4.72. The smallest absolute Gasteiger partial charge is 0.251 e. The van der Waals surface area contributed by atoms with Crippen LogP contribution in [0.3, 0.4) is 0 Å². The highest BCUT2D eigenvalue weighted by molar-refractivity contribution is 7.89. The van der Waals surface area contributed by atoms with Gasteiger partial charge in [0.1, 0.15) is 10.7 Å². The van der Waals surface area contributed by atoms with Gasteiger partial charge in [0.05, 0.1) is 11.3 Å². The Labute approximate surface area is 164 Å². The van der Waals surface area contributed by atoms with E-state index in [9.17, 15) is 13.2 Å². The summed E-state index contributed by atoms with van der Waals surface area (Å²) in [5.74, 6) is 0.540. The topological polar surface area (TPSA) is 79.6 Å². The fourth-order valence-electron chi connectivity index (χ4n) is 3.10. The Bertz CT molecular complexity index is 890. The maximum atomic E-state index is 12.8. The van der Waals surface area contributed by atoms with Crippen molar-refractivity contribution in [3.05, 3.63) is 52.9 Å². The minimum atomic E-state index is -3.68. The van der Waals surface area contributed by atoms with E-state index in [1.54, 1.807) is 12.3 Å². The minimum Gasteiger partial charge on any atom is -0.469 e. The molecule has 2 aromatic rings. The summed E-state index contributed by atoms with van der Waals surface area (Å²) in [6, 6.07) is 8.01. The zero-order chi connectivity index (χ0) is 19.4. The molecule has 0 saturated carbocycles. The summed E-state index contributed by atoms with van der Waals surface area (Å²) in [4.78, 5) is 12.5. The third-order valence-corrected chi connectivity index (χ3v) is 7.04. The molecular formula is C19H23ClN2O4S. The number of carbonyl (C=O) groups excluding carboxylic acids is 1. The summed E-state index contributed by atoms with van der Waals surface area (Å²) in [6.45, 7) is 2.87. The fourth-order valence-corrected chi connectivity index (χ4v) is 5.12. The Morgan fingerprint density at radius 2 is 2.04 bits per heavy atom. The van der Waals surface area contributed by atoms with Crippen molar-refractivity contribution in [3.8, 4) is 0 Å². The number of nitrogens with zero attached hydrogens (tertiary/aromatic N) is 1. The monoisotopic (exact) mass is 410 g/mol. The van der Waals surface area contributed by atoms with Gasteiger partial charge in [-0.05, 0) is 56.5 Å². The average molecular weight is 411 g/mol. The summed E-state index contributed by atoms with van der Waals surface area (Å²) in [5.41, 5.74) is 0.280. The number of benzene rings is 1. The number of nitrogens with one attached hydrogen (secondary N) is 1. The van der Waals surface area contributed by atoms with Crippen LogP contribution < -0.4 is 5.32 Å². The molecule has 0 bridgehead atoms. The lowest BCUT2D eigenvalue weighted by Crippen LogP contribution is -2.33. The lowest BCUT2D eigenvalue weighted by atomic mass is 10.1. The molecule has 1 aliphatic heterocycles. The van der Waals surface area contributed by atoms with E-state index in [1.165, 1.54) is 16.4 Å². The third-order valence-electron chi connectivity index (χ3n) is 4.66. The molecule has 1 aromatic carbocycles. The van der Waals surface area contributed by atoms with Crippen molar-refractivity contribution in [1.29, 1.82) is 0 Å². The highest BCUT2D eigenvalue weighted by Gasteiger charge is 2.29. The van der Waals surface area contributed by atoms with E-state index in [2.05, 4.69) is 5.32 Å². The summed E-state index contributed by atoms with van der Waals surface area (Å²) in [5, 5.41) is 3.02. The number of sulfonamides is 1. The molecule has 27 heavy (non-hydrogen) atoms. The standard InChI is InChI=1S/C19H23ClN2O4S/c1-14(6-8-16-5-4-12-26-16)21-19(23)15-7-9-17(20)18(13-15)27(24,25)22-10-2-3-11-22/h4-5,7,9,12-14H,2-3,6,8,10-11H2,1H3,(H,21,23)/t14-/m1/s1. The van der Waals surface area contributed by atoms with Crippen LogP contribution in [0.4, 0.5) is 0 Å². The number of furan rings is 1. The Balaban J connectivity index is 1.70. The van der Waals surface area contributed by atoms with Crippen molar-refractivity contribution in [2.24, 2.45) is 0 Å². The molecule has 0 radical (unpaired) electrons. The number of rotatable bonds is 7. The minimum absolute atomic E-state index is 0.0121. The number of aryl methyl sites for hydroxylation is 1. The maximum absolute atomic E-state index is 12.8. The van der Waals surface area contributed by atoms with Gasteiger partial charge < -0.3 is 9.73 Å². The van der Waals surface area contributed by atoms with Crippen LogP contribution in [0.25, 0.3) is 0 Å². The van der Waals surface area contributed by atoms with Crippen molar-refractivity contribution in [2.45, 2.75) is 43.5 Å². The highest BCUT2D eigenvalue weighted by atomic mass is 35.5. The molecule has 0 aliphatic carbocycles. The number of carbonyl (C=O) groups is 1. The molecule has 1 saturated heterocycles. The Hall–Kier alpha value is -1.83. The second kappa shape index (κ2) is 8.46. The van der Waals surface area contributed by atoms with Gasteiger partial charge in [-0.2, -0.15) is 4.31 Å². The number of hydrogen-bond donors (Lipinski definition) is 1. The van der Waals surface area contributed by atoms with Crippen molar-refractivity contribution >= 4 is 27.5 Å². The molecule has 1 N–H and O–H groups in total. The highest BCUT2D eigenvalue weighted by Crippen LogP contribution is 2.28. The van der Waals surface area contributed by atoms with Gasteiger partial charge in [0.25, 0.3) is 5.91 Å². The molecule has 3 rings (SSSR count). The lowest BCUT2D eigenvalue weighted by molar-refractivity contribution is 0.0938. The molecule has 0 spiro atoms. The molecule has 1 amide bonds. The summed E-state index contributed by atoms with van der Waals surface area (Å²) < 4.78 is 32.3. The van der Waals surface area contributed by atoms with Gasteiger partial charge in [0.15, 0.2) is 0 Å². The van der Waals surface area contributed by atoms with E-state index in [4.69, 9.17) is 16.0 Å². The van der Waals surface area contributed by atoms with E-state index in [-0.39, 0.29) is 27.4 Å². The predicted octanol–water partition coefficient (Wildman–Crippen LogP) is 3.47. The van der Waals surface area contributed by atoms with Gasteiger partial charge in [-0.15, -0.1) is 0 Å². The largest absolute Gasteiger partial charge is 0.469 e. The molecule has 1 fully saturated rings. The van der Waals surface area contributed by atoms with E-state index in [0.29, 0.717) is 25.9 Å². The quantitative estimate of drug-likeness (QED) is 0.757. The van der Waals surface area contributed by atoms with Crippen LogP contribution in [0.1, 0.15) is 42.3 Å². The van der Waals surface area contributed by atoms with Crippen molar-refractivity contribution in [1.82, 2.24) is 9.62 Å². The normalized spacial score (nSPS) is 16.4. The van der Waals surface area contributed by atoms with E-state index in [0.717, 1.165) is 18.6 Å². The van der Waals surface area contributed by atoms with Gasteiger partial charge in [-0.1, -0.05) is 11.6 Å². The van der Waals surface area contributed by atoms with Gasteiger partial charge in [0.2, 0.25) is 10.0 Å². The molecule has 146 valence electrons. The second-order valence-electron chi connectivity index (χ2n) is 6.75. The molecule has 2 heterocycles. The molecule has 1 aromatic heterocycles. The van der Waals surface area contributed by atoms with Crippen LogP contribution in [0.15, 0.2) is 45.9 Å². The lowest BCUT2D eigenvalue weighted by Gasteiger charge is -2.18. The average Bonchev–Trinajstić information content (AvgIpc) is 3.34. The molecule has 8 heteroatoms. The van der Waals surface area contributed by atoms with E-state index < -0.39 is 10.0 Å². The Morgan fingerprint density at radius 3 is 2.70 bits per heavy atom. The van der Waals surface area contributed by atoms with Crippen LogP contribution in [0, 0.1) is 0 Å². The second-order valence-corrected chi connectivity index (χ2v) is 9.06. The maximum Gasteiger partial charge on any atom is 0.251 e. The summed E-state index contributed by atoms with van der Waals surface area (Å²) in [6.07, 6.45) is 4.72. The van der Waals surface area contributed by atoms with E-state index >= 15 is 0 Å². The van der Waals surface area contributed by atoms with Crippen molar-refractivity contribution in [3.63, 3.8) is 0 Å². The van der Waals surface area contributed by atoms with Crippen molar-refractivity contribution in [2.75, 3.05) is 13.1 Å². The zero-order valence-corrected chi connectivity index (χ0v) is 16.7. The number of halogens is 1. The summed E-state index contributed by atoms with van der Waals surface area (Å²) >= 11 is 6.13.